The second kappa shape index (κ2) is 6.45. The number of carbonyl (C=O) groups excluding carboxylic acids is 1. The van der Waals surface area contributed by atoms with Crippen molar-refractivity contribution in [3.05, 3.63) is 29.8 Å². The molecule has 0 fully saturated rings. The highest BCUT2D eigenvalue weighted by atomic mass is 32.2. The highest BCUT2D eigenvalue weighted by molar-refractivity contribution is 7.90. The standard InChI is InChI=1S/C14H20N4O3S/c1-10(15-2)8-16-13(19)9-18(3)14-11-6-4-5-7-12(11)22(20,21)17-14/h4-7,10,15H,8-9H2,1-3H3,(H,16,19). The number of likely N-dealkylation sites (N-methyl/N-ethyl adjacent to an activating group) is 2. The lowest BCUT2D eigenvalue weighted by Gasteiger charge is -2.19. The van der Waals surface area contributed by atoms with Crippen molar-refractivity contribution < 1.29 is 13.2 Å². The van der Waals surface area contributed by atoms with E-state index in [1.165, 1.54) is 6.07 Å². The monoisotopic (exact) mass is 324 g/mol. The largest absolute Gasteiger partial charge is 0.353 e. The Bertz CT molecular complexity index is 700. The topological polar surface area (TPSA) is 90.9 Å². The van der Waals surface area contributed by atoms with Crippen LogP contribution in [0.5, 0.6) is 0 Å². The van der Waals surface area contributed by atoms with Crippen LogP contribution in [0.2, 0.25) is 0 Å². The molecular weight excluding hydrogens is 304 g/mol. The third-order valence-electron chi connectivity index (χ3n) is 3.45. The zero-order chi connectivity index (χ0) is 16.3. The lowest BCUT2D eigenvalue weighted by molar-refractivity contribution is -0.121. The van der Waals surface area contributed by atoms with Crippen LogP contribution in [0.15, 0.2) is 33.6 Å². The van der Waals surface area contributed by atoms with Gasteiger partial charge in [0.05, 0.1) is 6.54 Å². The van der Waals surface area contributed by atoms with Gasteiger partial charge in [-0.25, -0.2) is 0 Å². The maximum absolute atomic E-state index is 12.0. The minimum atomic E-state index is -3.66. The van der Waals surface area contributed by atoms with Crippen LogP contribution in [-0.2, 0) is 14.8 Å². The Labute approximate surface area is 130 Å². The Hall–Kier alpha value is -1.93. The second-order valence-electron chi connectivity index (χ2n) is 5.24. The van der Waals surface area contributed by atoms with Crippen LogP contribution in [0.25, 0.3) is 0 Å². The van der Waals surface area contributed by atoms with Gasteiger partial charge >= 0.3 is 0 Å². The van der Waals surface area contributed by atoms with Gasteiger partial charge in [0.2, 0.25) is 5.91 Å². The molecule has 1 amide bonds. The number of nitrogens with zero attached hydrogens (tertiary/aromatic N) is 2. The summed E-state index contributed by atoms with van der Waals surface area (Å²) in [5, 5.41) is 5.81. The summed E-state index contributed by atoms with van der Waals surface area (Å²) in [7, 11) is -0.193. The van der Waals surface area contributed by atoms with Gasteiger partial charge in [-0.05, 0) is 26.1 Å². The number of nitrogens with one attached hydrogen (secondary N) is 2. The first-order valence-electron chi connectivity index (χ1n) is 6.94. The molecule has 2 N–H and O–H groups in total. The quantitative estimate of drug-likeness (QED) is 0.782. The van der Waals surface area contributed by atoms with E-state index in [9.17, 15) is 13.2 Å². The smallest absolute Gasteiger partial charge is 0.285 e. The summed E-state index contributed by atoms with van der Waals surface area (Å²) >= 11 is 0. The Balaban J connectivity index is 2.08. The van der Waals surface area contributed by atoms with Gasteiger partial charge in [0.15, 0.2) is 5.84 Å². The van der Waals surface area contributed by atoms with Crippen LogP contribution < -0.4 is 10.6 Å². The lowest BCUT2D eigenvalue weighted by atomic mass is 10.2. The van der Waals surface area contributed by atoms with Crippen molar-refractivity contribution in [2.75, 3.05) is 27.2 Å². The first kappa shape index (κ1) is 16.4. The third kappa shape index (κ3) is 3.45. The van der Waals surface area contributed by atoms with Crippen molar-refractivity contribution in [3.63, 3.8) is 0 Å². The molecule has 0 saturated carbocycles. The summed E-state index contributed by atoms with van der Waals surface area (Å²) in [6.45, 7) is 2.50. The molecule has 8 heteroatoms. The van der Waals surface area contributed by atoms with Gasteiger partial charge < -0.3 is 15.5 Å². The fourth-order valence-corrected chi connectivity index (χ4v) is 3.33. The van der Waals surface area contributed by atoms with Crippen molar-refractivity contribution >= 4 is 21.8 Å². The molecule has 7 nitrogen and oxygen atoms in total. The fraction of sp³-hybridized carbons (Fsp3) is 0.429. The highest BCUT2D eigenvalue weighted by Crippen LogP contribution is 2.26. The van der Waals surface area contributed by atoms with E-state index in [2.05, 4.69) is 15.0 Å². The van der Waals surface area contributed by atoms with Crippen LogP contribution in [0.1, 0.15) is 12.5 Å². The Morgan fingerprint density at radius 2 is 2.05 bits per heavy atom. The van der Waals surface area contributed by atoms with Gasteiger partial charge in [0.1, 0.15) is 4.90 Å². The van der Waals surface area contributed by atoms with Crippen LogP contribution >= 0.6 is 0 Å². The van der Waals surface area contributed by atoms with E-state index in [1.54, 1.807) is 30.1 Å². The predicted molar refractivity (Wildman–Crippen MR) is 84.3 cm³/mol. The Kier molecular flexibility index (Phi) is 4.82. The highest BCUT2D eigenvalue weighted by Gasteiger charge is 2.30. The van der Waals surface area contributed by atoms with E-state index < -0.39 is 10.0 Å². The maximum Gasteiger partial charge on any atom is 0.285 e. The van der Waals surface area contributed by atoms with Gasteiger partial charge in [-0.1, -0.05) is 12.1 Å². The number of amides is 1. The minimum absolute atomic E-state index is 0.0408. The summed E-state index contributed by atoms with van der Waals surface area (Å²) in [5.74, 6) is 0.112. The van der Waals surface area contributed by atoms with E-state index in [0.29, 0.717) is 17.9 Å². The zero-order valence-corrected chi connectivity index (χ0v) is 13.6. The molecule has 1 aliphatic rings. The summed E-state index contributed by atoms with van der Waals surface area (Å²) in [6, 6.07) is 6.78. The predicted octanol–water partition coefficient (Wildman–Crippen LogP) is -0.209. The van der Waals surface area contributed by atoms with Gasteiger partial charge in [-0.3, -0.25) is 4.79 Å². The van der Waals surface area contributed by atoms with Crippen LogP contribution in [-0.4, -0.2) is 58.3 Å². The number of carbonyl (C=O) groups is 1. The molecule has 0 aliphatic carbocycles. The molecule has 0 saturated heterocycles. The molecule has 0 radical (unpaired) electrons. The number of hydrogen-bond acceptors (Lipinski definition) is 5. The number of rotatable bonds is 5. The number of benzene rings is 1. The molecule has 0 bridgehead atoms. The molecule has 2 rings (SSSR count). The minimum Gasteiger partial charge on any atom is -0.353 e. The van der Waals surface area contributed by atoms with Crippen molar-refractivity contribution in [2.24, 2.45) is 4.40 Å². The summed E-state index contributed by atoms with van der Waals surface area (Å²) in [5.41, 5.74) is 0.529. The fourth-order valence-electron chi connectivity index (χ4n) is 2.08. The molecule has 0 spiro atoms. The van der Waals surface area contributed by atoms with Crippen molar-refractivity contribution in [1.29, 1.82) is 0 Å². The van der Waals surface area contributed by atoms with E-state index >= 15 is 0 Å². The van der Waals surface area contributed by atoms with Gasteiger partial charge in [0, 0.05) is 25.2 Å². The molecule has 1 aromatic carbocycles. The van der Waals surface area contributed by atoms with Gasteiger partial charge in [-0.2, -0.15) is 8.42 Å². The average molecular weight is 324 g/mol. The second-order valence-corrected chi connectivity index (χ2v) is 6.81. The van der Waals surface area contributed by atoms with Crippen molar-refractivity contribution in [1.82, 2.24) is 15.5 Å². The maximum atomic E-state index is 12.0. The van der Waals surface area contributed by atoms with E-state index in [0.717, 1.165) is 0 Å². The normalized spacial score (nSPS) is 16.6. The van der Waals surface area contributed by atoms with Gasteiger partial charge in [-0.15, -0.1) is 4.40 Å². The lowest BCUT2D eigenvalue weighted by Crippen LogP contribution is -2.42. The number of sulfonamides is 1. The zero-order valence-electron chi connectivity index (χ0n) is 12.8. The molecule has 1 heterocycles. The number of amidine groups is 1. The van der Waals surface area contributed by atoms with Crippen molar-refractivity contribution in [2.45, 2.75) is 17.9 Å². The molecule has 22 heavy (non-hydrogen) atoms. The summed E-state index contributed by atoms with van der Waals surface area (Å²) in [4.78, 5) is 13.6. The van der Waals surface area contributed by atoms with E-state index in [4.69, 9.17) is 0 Å². The van der Waals surface area contributed by atoms with Crippen LogP contribution in [0.4, 0.5) is 0 Å². The molecule has 120 valence electrons. The summed E-state index contributed by atoms with van der Waals surface area (Å²) in [6.07, 6.45) is 0. The number of hydrogen-bond donors (Lipinski definition) is 2. The first-order chi connectivity index (χ1) is 10.3. The molecular formula is C14H20N4O3S. The van der Waals surface area contributed by atoms with E-state index in [1.807, 2.05) is 14.0 Å². The molecule has 1 unspecified atom stereocenters. The van der Waals surface area contributed by atoms with E-state index in [-0.39, 0.29) is 23.4 Å². The van der Waals surface area contributed by atoms with Crippen LogP contribution in [0.3, 0.4) is 0 Å². The average Bonchev–Trinajstić information content (AvgIpc) is 2.77. The molecule has 1 atom stereocenters. The molecule has 1 aliphatic heterocycles. The first-order valence-corrected chi connectivity index (χ1v) is 8.38. The van der Waals surface area contributed by atoms with Gasteiger partial charge in [0.25, 0.3) is 10.0 Å². The molecule has 0 aromatic heterocycles. The third-order valence-corrected chi connectivity index (χ3v) is 4.78. The molecule has 1 aromatic rings. The SMILES string of the molecule is CNC(C)CNC(=O)CN(C)C1=NS(=O)(=O)c2ccccc21. The summed E-state index contributed by atoms with van der Waals surface area (Å²) < 4.78 is 27.7. The van der Waals surface area contributed by atoms with Crippen LogP contribution in [0, 0.1) is 0 Å². The van der Waals surface area contributed by atoms with Crippen molar-refractivity contribution in [3.8, 4) is 0 Å². The Morgan fingerprint density at radius 3 is 2.73 bits per heavy atom. The Morgan fingerprint density at radius 1 is 1.36 bits per heavy atom. The number of fused-ring (bicyclic) bond motifs is 1.